The summed E-state index contributed by atoms with van der Waals surface area (Å²) in [5.41, 5.74) is 0. The van der Waals surface area contributed by atoms with Crippen molar-refractivity contribution >= 4 is 25.0 Å². The molecule has 13 heavy (non-hydrogen) atoms. The van der Waals surface area contributed by atoms with Crippen molar-refractivity contribution < 1.29 is 0 Å². The average Bonchev–Trinajstić information content (AvgIpc) is 2.04. The molecule has 0 nitrogen and oxygen atoms in total. The van der Waals surface area contributed by atoms with Crippen LogP contribution in [0.15, 0.2) is 50.1 Å². The second kappa shape index (κ2) is 4.72. The second-order valence-corrected chi connectivity index (χ2v) is 13.7. The summed E-state index contributed by atoms with van der Waals surface area (Å²) < 4.78 is 4.19. The molecule has 0 aromatic heterocycles. The second-order valence-electron chi connectivity index (χ2n) is 3.14. The fourth-order valence-corrected chi connectivity index (χ4v) is 9.13. The number of benzene rings is 1. The Morgan fingerprint density at radius 3 is 1.85 bits per heavy atom. The van der Waals surface area contributed by atoms with Gasteiger partial charge in [0, 0.05) is 0 Å². The first-order chi connectivity index (χ1) is 6.13. The van der Waals surface area contributed by atoms with E-state index in [0.29, 0.717) is 0 Å². The van der Waals surface area contributed by atoms with Crippen molar-refractivity contribution in [2.45, 2.75) is 13.8 Å². The van der Waals surface area contributed by atoms with Gasteiger partial charge in [0.2, 0.25) is 0 Å². The van der Waals surface area contributed by atoms with E-state index in [9.17, 15) is 0 Å². The van der Waals surface area contributed by atoms with Crippen LogP contribution in [0, 0.1) is 0 Å². The van der Waals surface area contributed by atoms with Gasteiger partial charge in [-0.05, 0) is 0 Å². The van der Waals surface area contributed by atoms with Crippen LogP contribution in [0.1, 0.15) is 13.8 Å². The van der Waals surface area contributed by atoms with E-state index < -0.39 is 21.8 Å². The van der Waals surface area contributed by atoms with Crippen LogP contribution in [-0.2, 0) is 0 Å². The average molecular weight is 368 g/mol. The van der Waals surface area contributed by atoms with Crippen LogP contribution in [0.4, 0.5) is 0 Å². The molecule has 0 fully saturated rings. The van der Waals surface area contributed by atoms with Gasteiger partial charge in [0.15, 0.2) is 0 Å². The molecular weight excluding hydrogens is 353 g/mol. The summed E-state index contributed by atoms with van der Waals surface area (Å²) in [6.45, 7) is 12.4. The van der Waals surface area contributed by atoms with Gasteiger partial charge in [0.25, 0.3) is 0 Å². The Morgan fingerprint density at radius 2 is 1.46 bits per heavy atom. The van der Waals surface area contributed by atoms with Crippen molar-refractivity contribution in [2.75, 3.05) is 0 Å². The maximum atomic E-state index is 4.08. The summed E-state index contributed by atoms with van der Waals surface area (Å²) in [5, 5.41) is 0. The third kappa shape index (κ3) is 2.77. The normalized spacial score (nSPS) is 10.1. The zero-order chi connectivity index (χ0) is 9.84. The molecule has 0 aliphatic carbocycles. The summed E-state index contributed by atoms with van der Waals surface area (Å²) in [6, 6.07) is 10.7. The van der Waals surface area contributed by atoms with Crippen LogP contribution in [0.2, 0.25) is 0 Å². The van der Waals surface area contributed by atoms with Crippen LogP contribution in [0.3, 0.4) is 0 Å². The minimum absolute atomic E-state index is 1.36. The van der Waals surface area contributed by atoms with Crippen LogP contribution in [0.25, 0.3) is 0 Å². The Labute approximate surface area is 88.7 Å². The fraction of sp³-hybridized carbons (Fsp3) is 0.167. The van der Waals surface area contributed by atoms with Gasteiger partial charge in [-0.3, -0.25) is 0 Å². The Morgan fingerprint density at radius 1 is 1.00 bits per heavy atom. The molecule has 0 N–H and O–H groups in total. The molecule has 0 radical (unpaired) electrons. The van der Waals surface area contributed by atoms with E-state index in [1.165, 1.54) is 9.83 Å². The van der Waals surface area contributed by atoms with Crippen molar-refractivity contribution in [2.24, 2.45) is 0 Å². The van der Waals surface area contributed by atoms with Gasteiger partial charge < -0.3 is 0 Å². The SMILES string of the molecule is C=[C](C)[Bi]([C](=C)C)[c]1ccccc1. The minimum atomic E-state index is -1.80. The molecule has 68 valence electrons. The van der Waals surface area contributed by atoms with Crippen LogP contribution >= 0.6 is 0 Å². The third-order valence-electron chi connectivity index (χ3n) is 1.78. The van der Waals surface area contributed by atoms with Gasteiger partial charge in [-0.15, -0.1) is 0 Å². The Balaban J connectivity index is 3.03. The van der Waals surface area contributed by atoms with Gasteiger partial charge in [-0.1, -0.05) is 0 Å². The summed E-state index contributed by atoms with van der Waals surface area (Å²) in [4.78, 5) is 0. The molecule has 0 saturated heterocycles. The van der Waals surface area contributed by atoms with Gasteiger partial charge in [0.1, 0.15) is 0 Å². The molecule has 0 heterocycles. The molecule has 0 aliphatic rings. The molecule has 1 aromatic carbocycles. The maximum absolute atomic E-state index is 4.08. The molecule has 0 amide bonds. The molecule has 0 aliphatic heterocycles. The molecule has 0 bridgehead atoms. The van der Waals surface area contributed by atoms with Crippen molar-refractivity contribution in [1.29, 1.82) is 0 Å². The standard InChI is InChI=1S/C6H5.2C3H5.Bi/c1-2-4-6-5-3-1;2*1-3-2;/h1-5H;2*1H2,2H3;. The van der Waals surface area contributed by atoms with Gasteiger partial charge in [-0.2, -0.15) is 0 Å². The zero-order valence-electron chi connectivity index (χ0n) is 8.25. The van der Waals surface area contributed by atoms with Crippen molar-refractivity contribution in [1.82, 2.24) is 0 Å². The van der Waals surface area contributed by atoms with Gasteiger partial charge in [0.05, 0.1) is 0 Å². The number of allylic oxidation sites excluding steroid dienone is 2. The molecule has 1 aromatic rings. The summed E-state index contributed by atoms with van der Waals surface area (Å²) >= 11 is -1.80. The van der Waals surface area contributed by atoms with E-state index in [0.717, 1.165) is 0 Å². The monoisotopic (exact) mass is 368 g/mol. The number of rotatable bonds is 3. The molecule has 1 heteroatoms. The van der Waals surface area contributed by atoms with Gasteiger partial charge >= 0.3 is 88.9 Å². The van der Waals surface area contributed by atoms with Gasteiger partial charge in [-0.25, -0.2) is 0 Å². The van der Waals surface area contributed by atoms with E-state index in [1.54, 1.807) is 0 Å². The molecule has 0 saturated carbocycles. The summed E-state index contributed by atoms with van der Waals surface area (Å²) in [5.74, 6) is 0. The van der Waals surface area contributed by atoms with Crippen LogP contribution in [-0.4, -0.2) is 21.8 Å². The predicted molar refractivity (Wildman–Crippen MR) is 61.5 cm³/mol. The summed E-state index contributed by atoms with van der Waals surface area (Å²) in [7, 11) is 0. The van der Waals surface area contributed by atoms with E-state index in [2.05, 4.69) is 57.3 Å². The quantitative estimate of drug-likeness (QED) is 0.720. The van der Waals surface area contributed by atoms with Crippen molar-refractivity contribution in [3.8, 4) is 0 Å². The zero-order valence-corrected chi connectivity index (χ0v) is 11.7. The fourth-order valence-electron chi connectivity index (χ4n) is 1.34. The van der Waals surface area contributed by atoms with Crippen molar-refractivity contribution in [3.63, 3.8) is 0 Å². The Kier molecular flexibility index (Phi) is 3.87. The Bertz CT molecular complexity index is 297. The molecule has 0 spiro atoms. The molecular formula is C12H15Bi. The van der Waals surface area contributed by atoms with Crippen LogP contribution < -0.4 is 3.27 Å². The molecule has 0 atom stereocenters. The number of hydrogen-bond donors (Lipinski definition) is 0. The first-order valence-corrected chi connectivity index (χ1v) is 9.50. The molecule has 1 rings (SSSR count). The van der Waals surface area contributed by atoms with E-state index >= 15 is 0 Å². The molecule has 0 unspecified atom stereocenters. The predicted octanol–water partition coefficient (Wildman–Crippen LogP) is 2.62. The van der Waals surface area contributed by atoms with E-state index in [1.807, 2.05) is 0 Å². The first kappa shape index (κ1) is 10.7. The van der Waals surface area contributed by atoms with E-state index in [4.69, 9.17) is 0 Å². The van der Waals surface area contributed by atoms with E-state index in [-0.39, 0.29) is 0 Å². The first-order valence-electron chi connectivity index (χ1n) is 4.29. The van der Waals surface area contributed by atoms with Crippen molar-refractivity contribution in [3.05, 3.63) is 50.1 Å². The van der Waals surface area contributed by atoms with Crippen LogP contribution in [0.5, 0.6) is 0 Å². The Hall–Kier alpha value is -0.417. The summed E-state index contributed by atoms with van der Waals surface area (Å²) in [6.07, 6.45) is 0. The number of hydrogen-bond acceptors (Lipinski definition) is 0. The third-order valence-corrected chi connectivity index (χ3v) is 10.9. The topological polar surface area (TPSA) is 0 Å².